The van der Waals surface area contributed by atoms with Crippen LogP contribution in [0.4, 0.5) is 10.5 Å². The summed E-state index contributed by atoms with van der Waals surface area (Å²) in [5.74, 6) is 2.16. The minimum atomic E-state index is -0.0125. The van der Waals surface area contributed by atoms with Crippen LogP contribution < -0.4 is 10.1 Å². The van der Waals surface area contributed by atoms with E-state index in [0.29, 0.717) is 11.7 Å². The second kappa shape index (κ2) is 8.56. The van der Waals surface area contributed by atoms with Crippen LogP contribution >= 0.6 is 0 Å². The number of hydrogen-bond donors (Lipinski definition) is 1. The fourth-order valence-electron chi connectivity index (χ4n) is 3.95. The first-order valence-electron chi connectivity index (χ1n) is 9.57. The molecule has 2 aliphatic rings. The van der Waals surface area contributed by atoms with E-state index in [2.05, 4.69) is 17.1 Å². The molecule has 2 saturated heterocycles. The van der Waals surface area contributed by atoms with Gasteiger partial charge in [0.05, 0.1) is 12.8 Å². The third kappa shape index (κ3) is 4.88. The van der Waals surface area contributed by atoms with E-state index in [1.807, 2.05) is 29.2 Å². The average molecular weight is 345 g/mol. The number of anilines is 1. The number of carbonyl (C=O) groups is 1. The zero-order valence-corrected chi connectivity index (χ0v) is 15.5. The third-order valence-corrected chi connectivity index (χ3v) is 5.55. The summed E-state index contributed by atoms with van der Waals surface area (Å²) in [5.41, 5.74) is 0.738. The first-order valence-corrected chi connectivity index (χ1v) is 9.57. The molecule has 2 fully saturated rings. The number of nitrogens with one attached hydrogen (secondary N) is 1. The number of methoxy groups -OCH3 is 1. The molecule has 2 amide bonds. The van der Waals surface area contributed by atoms with Crippen LogP contribution in [0.2, 0.25) is 0 Å². The number of carbonyl (C=O) groups excluding carboxylic acids is 1. The Balaban J connectivity index is 1.53. The number of urea groups is 1. The van der Waals surface area contributed by atoms with Gasteiger partial charge in [0.15, 0.2) is 0 Å². The Morgan fingerprint density at radius 1 is 1.20 bits per heavy atom. The fraction of sp³-hybridized carbons (Fsp3) is 0.650. The van der Waals surface area contributed by atoms with Crippen molar-refractivity contribution in [1.29, 1.82) is 0 Å². The lowest BCUT2D eigenvalue weighted by Crippen LogP contribution is -2.46. The maximum absolute atomic E-state index is 12.7. The van der Waals surface area contributed by atoms with E-state index in [0.717, 1.165) is 37.7 Å². The van der Waals surface area contributed by atoms with E-state index in [1.165, 1.54) is 32.4 Å². The lowest BCUT2D eigenvalue weighted by Gasteiger charge is -2.37. The molecule has 5 heteroatoms. The van der Waals surface area contributed by atoms with Crippen LogP contribution in [-0.4, -0.2) is 55.7 Å². The van der Waals surface area contributed by atoms with E-state index >= 15 is 0 Å². The molecule has 0 unspecified atom stereocenters. The lowest BCUT2D eigenvalue weighted by atomic mass is 9.94. The first kappa shape index (κ1) is 18.1. The summed E-state index contributed by atoms with van der Waals surface area (Å²) in [6.07, 6.45) is 4.94. The van der Waals surface area contributed by atoms with Crippen molar-refractivity contribution in [3.63, 3.8) is 0 Å². The van der Waals surface area contributed by atoms with Gasteiger partial charge in [0, 0.05) is 19.6 Å². The Hall–Kier alpha value is -1.75. The molecule has 1 aromatic carbocycles. The molecule has 2 heterocycles. The minimum Gasteiger partial charge on any atom is -0.495 e. The van der Waals surface area contributed by atoms with Crippen LogP contribution in [0.15, 0.2) is 24.3 Å². The number of benzene rings is 1. The zero-order chi connectivity index (χ0) is 17.6. The topological polar surface area (TPSA) is 44.8 Å². The highest BCUT2D eigenvalue weighted by atomic mass is 16.5. The normalized spacial score (nSPS) is 22.6. The molecule has 3 rings (SSSR count). The Bertz CT molecular complexity index is 570. The second-order valence-electron chi connectivity index (χ2n) is 7.57. The third-order valence-electron chi connectivity index (χ3n) is 5.55. The van der Waals surface area contributed by atoms with Gasteiger partial charge in [-0.05, 0) is 62.7 Å². The smallest absolute Gasteiger partial charge is 0.321 e. The van der Waals surface area contributed by atoms with Crippen LogP contribution in [0, 0.1) is 11.8 Å². The first-order chi connectivity index (χ1) is 12.2. The summed E-state index contributed by atoms with van der Waals surface area (Å²) in [5, 5.41) is 3.01. The highest BCUT2D eigenvalue weighted by Crippen LogP contribution is 2.25. The molecule has 0 aromatic heterocycles. The molecule has 5 nitrogen and oxygen atoms in total. The van der Waals surface area contributed by atoms with Crippen LogP contribution in [0.25, 0.3) is 0 Å². The van der Waals surface area contributed by atoms with Crippen molar-refractivity contribution in [3.05, 3.63) is 24.3 Å². The van der Waals surface area contributed by atoms with Crippen LogP contribution in [0.5, 0.6) is 5.75 Å². The van der Waals surface area contributed by atoms with Crippen LogP contribution in [-0.2, 0) is 0 Å². The number of likely N-dealkylation sites (tertiary alicyclic amines) is 2. The molecule has 0 bridgehead atoms. The molecular formula is C20H31N3O2. The van der Waals surface area contributed by atoms with Gasteiger partial charge in [-0.2, -0.15) is 0 Å². The van der Waals surface area contributed by atoms with Crippen molar-refractivity contribution in [3.8, 4) is 5.75 Å². The van der Waals surface area contributed by atoms with Crippen LogP contribution in [0.1, 0.15) is 32.6 Å². The predicted octanol–water partition coefficient (Wildman–Crippen LogP) is 3.67. The number of piperidine rings is 2. The summed E-state index contributed by atoms with van der Waals surface area (Å²) < 4.78 is 5.32. The summed E-state index contributed by atoms with van der Waals surface area (Å²) in [6.45, 7) is 7.60. The molecular weight excluding hydrogens is 314 g/mol. The Morgan fingerprint density at radius 3 is 2.72 bits per heavy atom. The lowest BCUT2D eigenvalue weighted by molar-refractivity contribution is 0.124. The van der Waals surface area contributed by atoms with Gasteiger partial charge in [-0.3, -0.25) is 0 Å². The maximum atomic E-state index is 12.7. The van der Waals surface area contributed by atoms with Crippen molar-refractivity contribution in [1.82, 2.24) is 9.80 Å². The molecule has 0 aliphatic carbocycles. The Morgan fingerprint density at radius 2 is 1.96 bits per heavy atom. The number of nitrogens with zero attached hydrogens (tertiary/aromatic N) is 2. The van der Waals surface area contributed by atoms with E-state index in [4.69, 9.17) is 4.74 Å². The van der Waals surface area contributed by atoms with Gasteiger partial charge >= 0.3 is 6.03 Å². The summed E-state index contributed by atoms with van der Waals surface area (Å²) in [7, 11) is 1.63. The summed E-state index contributed by atoms with van der Waals surface area (Å²) in [6, 6.07) is 7.56. The van der Waals surface area contributed by atoms with E-state index in [9.17, 15) is 4.79 Å². The SMILES string of the molecule is COc1ccccc1NC(=O)N1CCC[C@H](CN2CCC(C)CC2)C1. The van der Waals surface area contributed by atoms with Gasteiger partial charge in [-0.25, -0.2) is 4.79 Å². The number of ether oxygens (including phenoxy) is 1. The summed E-state index contributed by atoms with van der Waals surface area (Å²) in [4.78, 5) is 17.2. The van der Waals surface area contributed by atoms with Gasteiger partial charge in [0.1, 0.15) is 5.75 Å². The zero-order valence-electron chi connectivity index (χ0n) is 15.5. The number of rotatable bonds is 4. The van der Waals surface area contributed by atoms with Gasteiger partial charge < -0.3 is 19.9 Å². The van der Waals surface area contributed by atoms with Crippen molar-refractivity contribution in [2.24, 2.45) is 11.8 Å². The summed E-state index contributed by atoms with van der Waals surface area (Å²) >= 11 is 0. The average Bonchev–Trinajstić information content (AvgIpc) is 2.64. The van der Waals surface area contributed by atoms with Gasteiger partial charge in [-0.1, -0.05) is 19.1 Å². The number of amides is 2. The van der Waals surface area contributed by atoms with Crippen LogP contribution in [0.3, 0.4) is 0 Å². The van der Waals surface area contributed by atoms with Gasteiger partial charge in [0.2, 0.25) is 0 Å². The second-order valence-corrected chi connectivity index (χ2v) is 7.57. The van der Waals surface area contributed by atoms with E-state index < -0.39 is 0 Å². The fourth-order valence-corrected chi connectivity index (χ4v) is 3.95. The molecule has 0 spiro atoms. The molecule has 0 saturated carbocycles. The molecule has 1 atom stereocenters. The van der Waals surface area contributed by atoms with Gasteiger partial charge in [-0.15, -0.1) is 0 Å². The van der Waals surface area contributed by atoms with Crippen molar-refractivity contribution in [2.45, 2.75) is 32.6 Å². The number of para-hydroxylation sites is 2. The standard InChI is InChI=1S/C20H31N3O2/c1-16-9-12-22(13-10-16)14-17-6-5-11-23(15-17)20(24)21-18-7-3-4-8-19(18)25-2/h3-4,7-8,16-17H,5-6,9-15H2,1-2H3,(H,21,24)/t17-/m1/s1. The predicted molar refractivity (Wildman–Crippen MR) is 101 cm³/mol. The molecule has 138 valence electrons. The van der Waals surface area contributed by atoms with Crippen molar-refractivity contribution >= 4 is 11.7 Å². The maximum Gasteiger partial charge on any atom is 0.321 e. The molecule has 1 N–H and O–H groups in total. The van der Waals surface area contributed by atoms with E-state index in [-0.39, 0.29) is 6.03 Å². The largest absolute Gasteiger partial charge is 0.495 e. The van der Waals surface area contributed by atoms with Gasteiger partial charge in [0.25, 0.3) is 0 Å². The highest BCUT2D eigenvalue weighted by molar-refractivity contribution is 5.91. The Labute approximate surface area is 151 Å². The highest BCUT2D eigenvalue weighted by Gasteiger charge is 2.26. The molecule has 1 aromatic rings. The molecule has 25 heavy (non-hydrogen) atoms. The molecule has 0 radical (unpaired) electrons. The van der Waals surface area contributed by atoms with Crippen molar-refractivity contribution in [2.75, 3.05) is 45.2 Å². The van der Waals surface area contributed by atoms with Crippen molar-refractivity contribution < 1.29 is 9.53 Å². The monoisotopic (exact) mass is 345 g/mol. The Kier molecular flexibility index (Phi) is 6.19. The molecule has 2 aliphatic heterocycles. The quantitative estimate of drug-likeness (QED) is 0.905. The minimum absolute atomic E-state index is 0.0125. The number of hydrogen-bond acceptors (Lipinski definition) is 3. The van der Waals surface area contributed by atoms with E-state index in [1.54, 1.807) is 7.11 Å².